The summed E-state index contributed by atoms with van der Waals surface area (Å²) in [5.41, 5.74) is 2.68. The summed E-state index contributed by atoms with van der Waals surface area (Å²) in [6, 6.07) is 12.1. The minimum absolute atomic E-state index is 0.272. The van der Waals surface area contributed by atoms with Crippen LogP contribution in [0.2, 0.25) is 0 Å². The summed E-state index contributed by atoms with van der Waals surface area (Å²) < 4.78 is 24.2. The van der Waals surface area contributed by atoms with Gasteiger partial charge in [-0.25, -0.2) is 4.39 Å². The summed E-state index contributed by atoms with van der Waals surface area (Å²) in [6.07, 6.45) is -0.452. The van der Waals surface area contributed by atoms with Crippen LogP contribution in [-0.4, -0.2) is 12.2 Å². The molecular formula is C17H17FO3. The average molecular weight is 288 g/mol. The Morgan fingerprint density at radius 2 is 2.00 bits per heavy atom. The van der Waals surface area contributed by atoms with E-state index in [1.807, 2.05) is 24.3 Å². The Balaban J connectivity index is 1.84. The van der Waals surface area contributed by atoms with Gasteiger partial charge in [-0.1, -0.05) is 24.3 Å². The predicted octanol–water partition coefficient (Wildman–Crippen LogP) is 3.53. The summed E-state index contributed by atoms with van der Waals surface area (Å²) in [4.78, 5) is 0. The van der Waals surface area contributed by atoms with Gasteiger partial charge in [-0.15, -0.1) is 0 Å². The van der Waals surface area contributed by atoms with Crippen molar-refractivity contribution >= 4 is 0 Å². The first kappa shape index (κ1) is 14.0. The first-order valence-electron chi connectivity index (χ1n) is 6.89. The summed E-state index contributed by atoms with van der Waals surface area (Å²) in [7, 11) is 1.65. The van der Waals surface area contributed by atoms with Crippen LogP contribution in [0.3, 0.4) is 0 Å². The number of rotatable bonds is 3. The topological polar surface area (TPSA) is 38.7 Å². The number of aliphatic hydroxyl groups is 1. The Bertz CT molecular complexity index is 624. The van der Waals surface area contributed by atoms with E-state index >= 15 is 0 Å². The van der Waals surface area contributed by atoms with Gasteiger partial charge in [0.2, 0.25) is 0 Å². The molecule has 0 amide bonds. The molecule has 0 fully saturated rings. The van der Waals surface area contributed by atoms with Gasteiger partial charge in [0.15, 0.2) is 0 Å². The fraction of sp³-hybridized carbons (Fsp3) is 0.294. The Labute approximate surface area is 122 Å². The third kappa shape index (κ3) is 2.91. The number of hydrogen-bond acceptors (Lipinski definition) is 3. The summed E-state index contributed by atoms with van der Waals surface area (Å²) in [5.74, 6) is 0.0526. The molecule has 1 heterocycles. The van der Waals surface area contributed by atoms with E-state index in [-0.39, 0.29) is 11.9 Å². The molecule has 2 aromatic rings. The molecular weight excluding hydrogens is 271 g/mol. The molecule has 0 saturated heterocycles. The number of fused-ring (bicyclic) bond motifs is 1. The summed E-state index contributed by atoms with van der Waals surface area (Å²) in [6.45, 7) is 0.558. The normalized spacial score (nSPS) is 20.7. The Hall–Kier alpha value is -1.91. The molecule has 21 heavy (non-hydrogen) atoms. The van der Waals surface area contributed by atoms with Crippen LogP contribution in [0.5, 0.6) is 5.75 Å². The largest absolute Gasteiger partial charge is 0.485 e. The standard InChI is InChI=1S/C17H17FO3/c1-20-10-11-2-4-12(5-3-11)16-9-15(19)14-7-6-13(18)8-17(14)21-16/h2-8,15-16,19H,9-10H2,1H3/t15-,16?/m1/s1. The lowest BCUT2D eigenvalue weighted by molar-refractivity contribution is 0.0653. The van der Waals surface area contributed by atoms with E-state index in [2.05, 4.69) is 0 Å². The molecule has 3 rings (SSSR count). The van der Waals surface area contributed by atoms with Gasteiger partial charge >= 0.3 is 0 Å². The summed E-state index contributed by atoms with van der Waals surface area (Å²) in [5, 5.41) is 10.2. The van der Waals surface area contributed by atoms with Crippen molar-refractivity contribution in [1.29, 1.82) is 0 Å². The highest BCUT2D eigenvalue weighted by molar-refractivity contribution is 5.39. The van der Waals surface area contributed by atoms with Gasteiger partial charge < -0.3 is 14.6 Å². The number of ether oxygens (including phenoxy) is 2. The first-order valence-corrected chi connectivity index (χ1v) is 6.89. The van der Waals surface area contributed by atoms with Crippen molar-refractivity contribution in [3.8, 4) is 5.75 Å². The molecule has 110 valence electrons. The van der Waals surface area contributed by atoms with Crippen molar-refractivity contribution in [1.82, 2.24) is 0 Å². The van der Waals surface area contributed by atoms with Gasteiger partial charge in [0.25, 0.3) is 0 Å². The average Bonchev–Trinajstić information content (AvgIpc) is 2.48. The maximum atomic E-state index is 13.3. The molecule has 1 unspecified atom stereocenters. The zero-order chi connectivity index (χ0) is 14.8. The van der Waals surface area contributed by atoms with E-state index in [1.165, 1.54) is 12.1 Å². The fourth-order valence-corrected chi connectivity index (χ4v) is 2.62. The molecule has 1 aliphatic rings. The number of methoxy groups -OCH3 is 1. The Morgan fingerprint density at radius 1 is 1.24 bits per heavy atom. The van der Waals surface area contributed by atoms with Crippen molar-refractivity contribution in [2.75, 3.05) is 7.11 Å². The van der Waals surface area contributed by atoms with E-state index in [0.717, 1.165) is 11.1 Å². The Kier molecular flexibility index (Phi) is 3.90. The minimum atomic E-state index is -0.641. The minimum Gasteiger partial charge on any atom is -0.485 e. The summed E-state index contributed by atoms with van der Waals surface area (Å²) >= 11 is 0. The molecule has 2 atom stereocenters. The van der Waals surface area contributed by atoms with Crippen LogP contribution in [0.4, 0.5) is 4.39 Å². The molecule has 0 aliphatic carbocycles. The lowest BCUT2D eigenvalue weighted by Gasteiger charge is -2.30. The number of hydrogen-bond donors (Lipinski definition) is 1. The van der Waals surface area contributed by atoms with Crippen LogP contribution >= 0.6 is 0 Å². The van der Waals surface area contributed by atoms with E-state index in [4.69, 9.17) is 9.47 Å². The van der Waals surface area contributed by atoms with Crippen LogP contribution in [0.15, 0.2) is 42.5 Å². The number of benzene rings is 2. The van der Waals surface area contributed by atoms with Crippen molar-refractivity contribution in [3.63, 3.8) is 0 Å². The number of halogens is 1. The second-order valence-corrected chi connectivity index (χ2v) is 5.21. The van der Waals surface area contributed by atoms with Crippen LogP contribution in [0.25, 0.3) is 0 Å². The van der Waals surface area contributed by atoms with Crippen LogP contribution in [0.1, 0.15) is 35.3 Å². The van der Waals surface area contributed by atoms with E-state index in [1.54, 1.807) is 13.2 Å². The van der Waals surface area contributed by atoms with E-state index < -0.39 is 6.10 Å². The predicted molar refractivity (Wildman–Crippen MR) is 76.5 cm³/mol. The van der Waals surface area contributed by atoms with Gasteiger partial charge in [-0.05, 0) is 23.3 Å². The molecule has 3 nitrogen and oxygen atoms in total. The van der Waals surface area contributed by atoms with Gasteiger partial charge in [0, 0.05) is 25.2 Å². The van der Waals surface area contributed by atoms with Crippen LogP contribution < -0.4 is 4.74 Å². The maximum absolute atomic E-state index is 13.3. The molecule has 0 spiro atoms. The molecule has 0 saturated carbocycles. The molecule has 0 bridgehead atoms. The van der Waals surface area contributed by atoms with Gasteiger partial charge in [0.05, 0.1) is 12.7 Å². The van der Waals surface area contributed by atoms with Gasteiger partial charge in [-0.3, -0.25) is 0 Å². The quantitative estimate of drug-likeness (QED) is 0.939. The van der Waals surface area contributed by atoms with Gasteiger partial charge in [0.1, 0.15) is 17.7 Å². The second-order valence-electron chi connectivity index (χ2n) is 5.21. The monoisotopic (exact) mass is 288 g/mol. The van der Waals surface area contributed by atoms with Crippen LogP contribution in [0, 0.1) is 5.82 Å². The zero-order valence-electron chi connectivity index (χ0n) is 11.8. The molecule has 4 heteroatoms. The lowest BCUT2D eigenvalue weighted by Crippen LogP contribution is -2.19. The maximum Gasteiger partial charge on any atom is 0.128 e. The van der Waals surface area contributed by atoms with Crippen molar-refractivity contribution in [2.45, 2.75) is 25.2 Å². The molecule has 0 radical (unpaired) electrons. The third-order valence-electron chi connectivity index (χ3n) is 3.70. The first-order chi connectivity index (χ1) is 10.2. The molecule has 0 aromatic heterocycles. The zero-order valence-corrected chi connectivity index (χ0v) is 11.8. The van der Waals surface area contributed by atoms with E-state index in [9.17, 15) is 9.50 Å². The van der Waals surface area contributed by atoms with Gasteiger partial charge in [-0.2, -0.15) is 0 Å². The SMILES string of the molecule is COCc1ccc(C2C[C@@H](O)c3ccc(F)cc3O2)cc1. The van der Waals surface area contributed by atoms with E-state index in [0.29, 0.717) is 24.3 Å². The fourth-order valence-electron chi connectivity index (χ4n) is 2.62. The smallest absolute Gasteiger partial charge is 0.128 e. The number of aliphatic hydroxyl groups excluding tert-OH is 1. The Morgan fingerprint density at radius 3 is 2.71 bits per heavy atom. The third-order valence-corrected chi connectivity index (χ3v) is 3.70. The molecule has 2 aromatic carbocycles. The van der Waals surface area contributed by atoms with Crippen molar-refractivity contribution < 1.29 is 19.0 Å². The highest BCUT2D eigenvalue weighted by Crippen LogP contribution is 2.40. The van der Waals surface area contributed by atoms with Crippen molar-refractivity contribution in [3.05, 3.63) is 65.0 Å². The second kappa shape index (κ2) is 5.84. The molecule has 1 aliphatic heterocycles. The highest BCUT2D eigenvalue weighted by Gasteiger charge is 2.28. The molecule has 1 N–H and O–H groups in total. The van der Waals surface area contributed by atoms with Crippen LogP contribution in [-0.2, 0) is 11.3 Å². The lowest BCUT2D eigenvalue weighted by atomic mass is 9.94. The van der Waals surface area contributed by atoms with Crippen molar-refractivity contribution in [2.24, 2.45) is 0 Å². The highest BCUT2D eigenvalue weighted by atomic mass is 19.1.